The lowest BCUT2D eigenvalue weighted by Crippen LogP contribution is -2.25. The third-order valence-electron chi connectivity index (χ3n) is 3.31. The Hall–Kier alpha value is -0.680. The standard InChI is InChI=1S/C13H20ClN3OS/c1-2-3-5-17-13(18)12(14)11(8-16-17)15-7-10-4-6-19-9-10/h8,10,15H,2-7,9H2,1H3. The van der Waals surface area contributed by atoms with E-state index in [0.717, 1.165) is 19.4 Å². The molecule has 0 radical (unpaired) electrons. The van der Waals surface area contributed by atoms with Crippen molar-refractivity contribution in [1.29, 1.82) is 0 Å². The zero-order valence-electron chi connectivity index (χ0n) is 11.2. The highest BCUT2D eigenvalue weighted by molar-refractivity contribution is 7.99. The second-order valence-electron chi connectivity index (χ2n) is 4.86. The minimum atomic E-state index is -0.194. The largest absolute Gasteiger partial charge is 0.382 e. The maximum absolute atomic E-state index is 12.0. The summed E-state index contributed by atoms with van der Waals surface area (Å²) in [5.74, 6) is 3.09. The fraction of sp³-hybridized carbons (Fsp3) is 0.692. The first-order chi connectivity index (χ1) is 9.22. The number of hydrogen-bond donors (Lipinski definition) is 1. The highest BCUT2D eigenvalue weighted by Gasteiger charge is 2.16. The molecule has 0 amide bonds. The van der Waals surface area contributed by atoms with Gasteiger partial charge in [-0.15, -0.1) is 0 Å². The first-order valence-electron chi connectivity index (χ1n) is 6.79. The molecule has 2 heterocycles. The molecule has 0 bridgehead atoms. The smallest absolute Gasteiger partial charge is 0.287 e. The number of nitrogens with zero attached hydrogens (tertiary/aromatic N) is 2. The van der Waals surface area contributed by atoms with Gasteiger partial charge in [-0.2, -0.15) is 16.9 Å². The van der Waals surface area contributed by atoms with Crippen LogP contribution in [0.2, 0.25) is 5.02 Å². The maximum atomic E-state index is 12.0. The quantitative estimate of drug-likeness (QED) is 0.877. The third kappa shape index (κ3) is 3.89. The predicted octanol–water partition coefficient (Wildman–Crippen LogP) is 2.86. The van der Waals surface area contributed by atoms with E-state index in [1.165, 1.54) is 22.6 Å². The topological polar surface area (TPSA) is 46.9 Å². The van der Waals surface area contributed by atoms with Crippen molar-refractivity contribution in [3.05, 3.63) is 21.6 Å². The van der Waals surface area contributed by atoms with Gasteiger partial charge < -0.3 is 5.32 Å². The summed E-state index contributed by atoms with van der Waals surface area (Å²) in [5, 5.41) is 7.69. The fourth-order valence-electron chi connectivity index (χ4n) is 2.05. The lowest BCUT2D eigenvalue weighted by atomic mass is 10.1. The van der Waals surface area contributed by atoms with Crippen molar-refractivity contribution in [2.24, 2.45) is 5.92 Å². The Bertz CT molecular complexity index is 471. The zero-order chi connectivity index (χ0) is 13.7. The van der Waals surface area contributed by atoms with E-state index < -0.39 is 0 Å². The normalized spacial score (nSPS) is 18.7. The minimum Gasteiger partial charge on any atom is -0.382 e. The van der Waals surface area contributed by atoms with Gasteiger partial charge in [0.15, 0.2) is 0 Å². The average Bonchev–Trinajstić information content (AvgIpc) is 2.92. The highest BCUT2D eigenvalue weighted by atomic mass is 35.5. The number of unbranched alkanes of at least 4 members (excludes halogenated alkanes) is 1. The number of aromatic nitrogens is 2. The van der Waals surface area contributed by atoms with Gasteiger partial charge in [-0.25, -0.2) is 4.68 Å². The Labute approximate surface area is 122 Å². The van der Waals surface area contributed by atoms with E-state index in [0.29, 0.717) is 18.2 Å². The van der Waals surface area contributed by atoms with Gasteiger partial charge in [0.25, 0.3) is 5.56 Å². The van der Waals surface area contributed by atoms with E-state index in [4.69, 9.17) is 11.6 Å². The van der Waals surface area contributed by atoms with Crippen LogP contribution < -0.4 is 10.9 Å². The van der Waals surface area contributed by atoms with E-state index >= 15 is 0 Å². The number of aryl methyl sites for hydroxylation is 1. The van der Waals surface area contributed by atoms with Gasteiger partial charge in [0.05, 0.1) is 11.9 Å². The Morgan fingerprint density at radius 2 is 2.47 bits per heavy atom. The molecule has 0 aliphatic carbocycles. The van der Waals surface area contributed by atoms with Crippen LogP contribution >= 0.6 is 23.4 Å². The molecule has 106 valence electrons. The highest BCUT2D eigenvalue weighted by Crippen LogP contribution is 2.24. The Balaban J connectivity index is 2.01. The van der Waals surface area contributed by atoms with E-state index in [2.05, 4.69) is 17.3 Å². The molecule has 1 aliphatic rings. The van der Waals surface area contributed by atoms with Crippen molar-refractivity contribution in [3.8, 4) is 0 Å². The summed E-state index contributed by atoms with van der Waals surface area (Å²) in [5.41, 5.74) is 0.470. The third-order valence-corrected chi connectivity index (χ3v) is 4.91. The molecule has 0 spiro atoms. The lowest BCUT2D eigenvalue weighted by Gasteiger charge is -2.13. The number of halogens is 1. The molecular weight excluding hydrogens is 282 g/mol. The monoisotopic (exact) mass is 301 g/mol. The second kappa shape index (κ2) is 7.20. The number of nitrogens with one attached hydrogen (secondary N) is 1. The van der Waals surface area contributed by atoms with Gasteiger partial charge in [-0.05, 0) is 30.3 Å². The molecule has 6 heteroatoms. The van der Waals surface area contributed by atoms with Gasteiger partial charge in [0, 0.05) is 13.1 Å². The van der Waals surface area contributed by atoms with Gasteiger partial charge in [0.2, 0.25) is 0 Å². The molecule has 1 saturated heterocycles. The van der Waals surface area contributed by atoms with Crippen molar-refractivity contribution in [3.63, 3.8) is 0 Å². The zero-order valence-corrected chi connectivity index (χ0v) is 12.8. The van der Waals surface area contributed by atoms with E-state index in [9.17, 15) is 4.79 Å². The summed E-state index contributed by atoms with van der Waals surface area (Å²) >= 11 is 8.10. The summed E-state index contributed by atoms with van der Waals surface area (Å²) < 4.78 is 1.45. The van der Waals surface area contributed by atoms with Crippen molar-refractivity contribution in [2.45, 2.75) is 32.7 Å². The summed E-state index contributed by atoms with van der Waals surface area (Å²) in [7, 11) is 0. The van der Waals surface area contributed by atoms with Gasteiger partial charge in [-0.3, -0.25) is 4.79 Å². The minimum absolute atomic E-state index is 0.194. The average molecular weight is 302 g/mol. The van der Waals surface area contributed by atoms with Crippen LogP contribution in [-0.2, 0) is 6.54 Å². The summed E-state index contributed by atoms with van der Waals surface area (Å²) in [6, 6.07) is 0. The second-order valence-corrected chi connectivity index (χ2v) is 6.39. The van der Waals surface area contributed by atoms with E-state index in [1.807, 2.05) is 11.8 Å². The fourth-order valence-corrected chi connectivity index (χ4v) is 3.55. The number of hydrogen-bond acceptors (Lipinski definition) is 4. The van der Waals surface area contributed by atoms with Crippen LogP contribution in [0.1, 0.15) is 26.2 Å². The van der Waals surface area contributed by atoms with Crippen LogP contribution in [0.3, 0.4) is 0 Å². The van der Waals surface area contributed by atoms with E-state index in [-0.39, 0.29) is 10.6 Å². The Morgan fingerprint density at radius 1 is 1.63 bits per heavy atom. The molecule has 0 aromatic carbocycles. The molecule has 19 heavy (non-hydrogen) atoms. The number of thioether (sulfide) groups is 1. The molecule has 4 nitrogen and oxygen atoms in total. The molecule has 1 fully saturated rings. The molecule has 1 aromatic heterocycles. The van der Waals surface area contributed by atoms with Gasteiger partial charge in [0.1, 0.15) is 5.02 Å². The van der Waals surface area contributed by atoms with Crippen molar-refractivity contribution in [2.75, 3.05) is 23.4 Å². The van der Waals surface area contributed by atoms with Crippen LogP contribution in [0.4, 0.5) is 5.69 Å². The Morgan fingerprint density at radius 3 is 3.16 bits per heavy atom. The Kier molecular flexibility index (Phi) is 5.58. The molecule has 1 aromatic rings. The van der Waals surface area contributed by atoms with Crippen LogP contribution in [0.15, 0.2) is 11.0 Å². The lowest BCUT2D eigenvalue weighted by molar-refractivity contribution is 0.543. The van der Waals surface area contributed by atoms with Crippen molar-refractivity contribution >= 4 is 29.1 Å². The molecule has 1 aliphatic heterocycles. The number of rotatable bonds is 6. The molecule has 2 rings (SSSR count). The van der Waals surface area contributed by atoms with Gasteiger partial charge in [-0.1, -0.05) is 24.9 Å². The van der Waals surface area contributed by atoms with Gasteiger partial charge >= 0.3 is 0 Å². The van der Waals surface area contributed by atoms with Crippen molar-refractivity contribution < 1.29 is 0 Å². The number of anilines is 1. The maximum Gasteiger partial charge on any atom is 0.287 e. The molecule has 1 N–H and O–H groups in total. The SMILES string of the molecule is CCCCn1ncc(NCC2CCSC2)c(Cl)c1=O. The summed E-state index contributed by atoms with van der Waals surface area (Å²) in [6.45, 7) is 3.59. The molecule has 1 unspecified atom stereocenters. The molecular formula is C13H20ClN3OS. The first kappa shape index (κ1) is 14.7. The molecule has 1 atom stereocenters. The van der Waals surface area contributed by atoms with Crippen LogP contribution in [0.5, 0.6) is 0 Å². The predicted molar refractivity (Wildman–Crippen MR) is 82.3 cm³/mol. The van der Waals surface area contributed by atoms with E-state index in [1.54, 1.807) is 6.20 Å². The summed E-state index contributed by atoms with van der Waals surface area (Å²) in [4.78, 5) is 12.0. The summed E-state index contributed by atoms with van der Waals surface area (Å²) in [6.07, 6.45) is 4.87. The molecule has 0 saturated carbocycles. The first-order valence-corrected chi connectivity index (χ1v) is 8.33. The van der Waals surface area contributed by atoms with Crippen LogP contribution in [0, 0.1) is 5.92 Å². The van der Waals surface area contributed by atoms with Crippen LogP contribution in [0.25, 0.3) is 0 Å². The van der Waals surface area contributed by atoms with Crippen LogP contribution in [-0.4, -0.2) is 27.8 Å². The van der Waals surface area contributed by atoms with Crippen molar-refractivity contribution in [1.82, 2.24) is 9.78 Å².